The monoisotopic (exact) mass is 355 g/mol. The maximum absolute atomic E-state index is 10.9. The van der Waals surface area contributed by atoms with E-state index in [9.17, 15) is 9.90 Å². The molecule has 0 unspecified atom stereocenters. The zero-order valence-electron chi connectivity index (χ0n) is 14.4. The van der Waals surface area contributed by atoms with Gasteiger partial charge in [-0.25, -0.2) is 10.0 Å². The predicted octanol–water partition coefficient (Wildman–Crippen LogP) is -0.254. The fraction of sp³-hybridized carbons (Fsp3) is 0.353. The number of rotatable bonds is 3. The quantitative estimate of drug-likeness (QED) is 0.695. The highest BCUT2D eigenvalue weighted by Gasteiger charge is 2.33. The van der Waals surface area contributed by atoms with Gasteiger partial charge in [-0.1, -0.05) is 4.90 Å². The maximum atomic E-state index is 10.9. The van der Waals surface area contributed by atoms with Gasteiger partial charge in [0.1, 0.15) is 17.6 Å². The number of amidine groups is 1. The lowest BCUT2D eigenvalue weighted by atomic mass is 10.2. The number of piperazine rings is 1. The molecule has 1 aromatic heterocycles. The fourth-order valence-electron chi connectivity index (χ4n) is 3.12. The summed E-state index contributed by atoms with van der Waals surface area (Å²) in [4.78, 5) is 30.6. The van der Waals surface area contributed by atoms with Crippen molar-refractivity contribution in [3.05, 3.63) is 42.4 Å². The van der Waals surface area contributed by atoms with Gasteiger partial charge < -0.3 is 19.7 Å². The van der Waals surface area contributed by atoms with Gasteiger partial charge >= 0.3 is 0 Å². The van der Waals surface area contributed by atoms with Crippen molar-refractivity contribution in [2.75, 3.05) is 44.9 Å². The summed E-state index contributed by atoms with van der Waals surface area (Å²) in [5.74, 6) is 1.71. The molecular weight excluding hydrogens is 336 g/mol. The Morgan fingerprint density at radius 3 is 2.73 bits per heavy atom. The summed E-state index contributed by atoms with van der Waals surface area (Å²) in [6.07, 6.45) is 6.40. The summed E-state index contributed by atoms with van der Waals surface area (Å²) in [6.45, 7) is 2.67. The Morgan fingerprint density at radius 2 is 2.08 bits per heavy atom. The highest BCUT2D eigenvalue weighted by Crippen LogP contribution is 2.25. The molecule has 0 spiro atoms. The van der Waals surface area contributed by atoms with Crippen LogP contribution in [0.15, 0.2) is 41.8 Å². The van der Waals surface area contributed by atoms with E-state index in [0.29, 0.717) is 32.8 Å². The van der Waals surface area contributed by atoms with E-state index in [1.54, 1.807) is 18.4 Å². The molecule has 135 valence electrons. The average molecular weight is 355 g/mol. The van der Waals surface area contributed by atoms with E-state index in [2.05, 4.69) is 14.9 Å². The zero-order chi connectivity index (χ0) is 18.1. The SMILES string of the molecule is CON1C=CC2=NC(c3ccc(N4CCN(C(=O)[O-])CC4)nc3)=C[N+]2C1. The second-order valence-electron chi connectivity index (χ2n) is 6.16. The molecule has 0 bridgehead atoms. The Morgan fingerprint density at radius 1 is 1.27 bits per heavy atom. The van der Waals surface area contributed by atoms with Crippen LogP contribution in [-0.2, 0) is 4.84 Å². The minimum Gasteiger partial charge on any atom is -0.530 e. The van der Waals surface area contributed by atoms with Crippen LogP contribution in [0.1, 0.15) is 5.56 Å². The van der Waals surface area contributed by atoms with Gasteiger partial charge in [0.2, 0.25) is 6.67 Å². The number of hydrogen-bond donors (Lipinski definition) is 0. The van der Waals surface area contributed by atoms with E-state index in [4.69, 9.17) is 4.84 Å². The number of aliphatic imine (C=N–C) groups is 1. The third kappa shape index (κ3) is 3.14. The maximum Gasteiger partial charge on any atom is 0.285 e. The molecule has 0 atom stereocenters. The largest absolute Gasteiger partial charge is 0.530 e. The second kappa shape index (κ2) is 6.77. The van der Waals surface area contributed by atoms with Crippen LogP contribution >= 0.6 is 0 Å². The van der Waals surface area contributed by atoms with Gasteiger partial charge in [0, 0.05) is 50.2 Å². The molecular formula is C17H19N6O3. The van der Waals surface area contributed by atoms with Crippen LogP contribution < -0.4 is 14.9 Å². The number of carbonyl (C=O) groups excluding carboxylic acids is 1. The van der Waals surface area contributed by atoms with Crippen molar-refractivity contribution in [1.29, 1.82) is 0 Å². The lowest BCUT2D eigenvalue weighted by Crippen LogP contribution is -2.52. The molecule has 0 saturated carbocycles. The van der Waals surface area contributed by atoms with E-state index in [1.807, 2.05) is 35.5 Å². The van der Waals surface area contributed by atoms with Crippen LogP contribution in [0.2, 0.25) is 0 Å². The van der Waals surface area contributed by atoms with Crippen LogP contribution in [0, 0.1) is 0 Å². The average Bonchev–Trinajstić information content (AvgIpc) is 3.11. The molecule has 0 aliphatic carbocycles. The Balaban J connectivity index is 1.44. The number of carboxylic acid groups (broad SMARTS) is 1. The number of aromatic nitrogens is 1. The van der Waals surface area contributed by atoms with Gasteiger partial charge in [-0.15, -0.1) is 0 Å². The Bertz CT molecular complexity index is 780. The molecule has 3 aliphatic rings. The minimum atomic E-state index is -1.11. The van der Waals surface area contributed by atoms with Gasteiger partial charge in [0.25, 0.3) is 5.84 Å². The van der Waals surface area contributed by atoms with Crippen LogP contribution in [0.3, 0.4) is 0 Å². The molecule has 3 aliphatic heterocycles. The first-order valence-corrected chi connectivity index (χ1v) is 8.37. The van der Waals surface area contributed by atoms with Gasteiger partial charge in [-0.05, 0) is 12.1 Å². The van der Waals surface area contributed by atoms with Gasteiger partial charge in [-0.3, -0.25) is 4.84 Å². The molecule has 9 heteroatoms. The number of nitrogens with zero attached hydrogens (tertiary/aromatic N) is 6. The van der Waals surface area contributed by atoms with Crippen LogP contribution in [0.25, 0.3) is 5.70 Å². The third-order valence-electron chi connectivity index (χ3n) is 4.63. The predicted molar refractivity (Wildman–Crippen MR) is 93.8 cm³/mol. The topological polar surface area (TPSA) is 90.2 Å². The van der Waals surface area contributed by atoms with Crippen molar-refractivity contribution in [1.82, 2.24) is 19.8 Å². The first-order chi connectivity index (χ1) is 12.6. The van der Waals surface area contributed by atoms with Gasteiger partial charge in [-0.2, -0.15) is 4.99 Å². The lowest BCUT2D eigenvalue weighted by Gasteiger charge is -2.36. The molecule has 0 aromatic carbocycles. The number of amides is 1. The van der Waals surface area contributed by atoms with E-state index in [-0.39, 0.29) is 0 Å². The number of fused-ring (bicyclic) bond motifs is 1. The Labute approximate surface area is 151 Å². The van der Waals surface area contributed by atoms with E-state index < -0.39 is 6.09 Å². The number of anilines is 1. The van der Waals surface area contributed by atoms with E-state index in [0.717, 1.165) is 22.9 Å². The van der Waals surface area contributed by atoms with Gasteiger partial charge in [0.15, 0.2) is 6.20 Å². The summed E-state index contributed by atoms with van der Waals surface area (Å²) in [5.41, 5.74) is 1.78. The van der Waals surface area contributed by atoms with Crippen molar-refractivity contribution >= 4 is 23.4 Å². The summed E-state index contributed by atoms with van der Waals surface area (Å²) in [5, 5.41) is 12.6. The van der Waals surface area contributed by atoms with Crippen molar-refractivity contribution in [3.63, 3.8) is 0 Å². The molecule has 0 N–H and O–H groups in total. The number of pyridine rings is 1. The zero-order valence-corrected chi connectivity index (χ0v) is 14.4. The first-order valence-electron chi connectivity index (χ1n) is 8.37. The van der Waals surface area contributed by atoms with Crippen molar-refractivity contribution in [2.45, 2.75) is 0 Å². The lowest BCUT2D eigenvalue weighted by molar-refractivity contribution is -0.265. The highest BCUT2D eigenvalue weighted by molar-refractivity contribution is 6.03. The second-order valence-corrected chi connectivity index (χ2v) is 6.16. The number of hydrogen-bond acceptors (Lipinski definition) is 8. The molecule has 1 saturated heterocycles. The Kier molecular flexibility index (Phi) is 4.31. The standard InChI is InChI=1S/C17H20N6O3/c1-26-23-5-4-16-19-14(11-22(16)12-23)13-2-3-15(18-10-13)20-6-8-21(9-7-20)17(24)25/h2-5,10-11H,6-9,12H2,1H3,(H,24,25)/q+1/p-1. The molecule has 1 amide bonds. The van der Waals surface area contributed by atoms with E-state index >= 15 is 0 Å². The fourth-order valence-corrected chi connectivity index (χ4v) is 3.12. The van der Waals surface area contributed by atoms with E-state index in [1.165, 1.54) is 4.90 Å². The normalized spacial score (nSPS) is 20.1. The minimum absolute atomic E-state index is 0.432. The molecule has 1 aromatic rings. The highest BCUT2D eigenvalue weighted by atomic mass is 16.7. The number of carbonyl (C=O) groups is 1. The molecule has 9 nitrogen and oxygen atoms in total. The number of hydroxylamine groups is 2. The summed E-state index contributed by atoms with van der Waals surface area (Å²) in [6, 6.07) is 3.93. The summed E-state index contributed by atoms with van der Waals surface area (Å²) in [7, 11) is 1.63. The van der Waals surface area contributed by atoms with Crippen LogP contribution in [0.5, 0.6) is 0 Å². The summed E-state index contributed by atoms with van der Waals surface area (Å²) >= 11 is 0. The summed E-state index contributed by atoms with van der Waals surface area (Å²) < 4.78 is 0. The third-order valence-corrected chi connectivity index (χ3v) is 4.63. The van der Waals surface area contributed by atoms with Crippen LogP contribution in [-0.4, -0.2) is 66.8 Å². The van der Waals surface area contributed by atoms with Crippen LogP contribution in [0.4, 0.5) is 10.6 Å². The van der Waals surface area contributed by atoms with Crippen molar-refractivity contribution < 1.29 is 14.7 Å². The Hall–Kier alpha value is -2.91. The molecule has 4 heterocycles. The molecule has 1 fully saturated rings. The van der Waals surface area contributed by atoms with Crippen molar-refractivity contribution in [3.8, 4) is 0 Å². The van der Waals surface area contributed by atoms with Gasteiger partial charge in [0.05, 0.1) is 7.11 Å². The van der Waals surface area contributed by atoms with Crippen molar-refractivity contribution in [2.24, 2.45) is 4.99 Å². The smallest absolute Gasteiger partial charge is 0.285 e. The molecule has 26 heavy (non-hydrogen) atoms. The molecule has 4 rings (SSSR count). The molecule has 1 radical (unpaired) electrons. The first kappa shape index (κ1) is 16.6.